The molecule has 0 fully saturated rings. The highest BCUT2D eigenvalue weighted by molar-refractivity contribution is 6.30. The summed E-state index contributed by atoms with van der Waals surface area (Å²) in [5, 5.41) is 15.6. The minimum absolute atomic E-state index is 0.163. The van der Waals surface area contributed by atoms with Gasteiger partial charge in [-0.1, -0.05) is 24.3 Å². The second kappa shape index (κ2) is 4.61. The van der Waals surface area contributed by atoms with Crippen molar-refractivity contribution < 1.29 is 19.4 Å². The first-order valence-electron chi connectivity index (χ1n) is 6.86. The first kappa shape index (κ1) is 12.9. The number of nitrogens with one attached hydrogen (secondary N) is 1. The smallest absolute Gasteiger partial charge is 0.256 e. The van der Waals surface area contributed by atoms with Crippen LogP contribution < -0.4 is 14.8 Å². The summed E-state index contributed by atoms with van der Waals surface area (Å²) < 4.78 is 10.8. The number of amides is 1. The number of ether oxygens (including phenoxy) is 2. The van der Waals surface area contributed by atoms with Crippen molar-refractivity contribution in [1.29, 1.82) is 0 Å². The van der Waals surface area contributed by atoms with Gasteiger partial charge in [-0.25, -0.2) is 0 Å². The summed E-state index contributed by atoms with van der Waals surface area (Å²) >= 11 is 0. The minimum atomic E-state index is -0.468. The Morgan fingerprint density at radius 2 is 2.00 bits per heavy atom. The molecule has 5 nitrogen and oxygen atoms in total. The summed E-state index contributed by atoms with van der Waals surface area (Å²) in [6.07, 6.45) is 0. The number of benzene rings is 3. The standard InChI is InChI=1S/C17H13NO4/c1-21-13-7-11-14-12(18-17(11)20)6-9-4-2-3-5-10(9)15(14)16(13)22-8-19/h2-7,19H,8H2,1H3,(H,18,20). The molecule has 0 saturated heterocycles. The van der Waals surface area contributed by atoms with Crippen molar-refractivity contribution in [3.05, 3.63) is 42.0 Å². The zero-order chi connectivity index (χ0) is 15.3. The SMILES string of the molecule is COc1cc2c3c(cc4ccccc4c3c1OCO)NC2=O. The van der Waals surface area contributed by atoms with E-state index in [0.29, 0.717) is 17.1 Å². The fourth-order valence-electron chi connectivity index (χ4n) is 3.08. The number of anilines is 1. The first-order chi connectivity index (χ1) is 10.7. The lowest BCUT2D eigenvalue weighted by molar-refractivity contribution is 0.0970. The van der Waals surface area contributed by atoms with Gasteiger partial charge in [0.15, 0.2) is 18.3 Å². The Morgan fingerprint density at radius 1 is 1.18 bits per heavy atom. The van der Waals surface area contributed by atoms with Gasteiger partial charge in [0, 0.05) is 10.8 Å². The van der Waals surface area contributed by atoms with Crippen LogP contribution in [-0.2, 0) is 0 Å². The highest BCUT2D eigenvalue weighted by Crippen LogP contribution is 2.47. The van der Waals surface area contributed by atoms with Gasteiger partial charge in [-0.05, 0) is 22.9 Å². The van der Waals surface area contributed by atoms with Crippen LogP contribution in [0.1, 0.15) is 10.4 Å². The topological polar surface area (TPSA) is 67.8 Å². The molecule has 4 rings (SSSR count). The highest BCUT2D eigenvalue weighted by Gasteiger charge is 2.27. The Labute approximate surface area is 126 Å². The van der Waals surface area contributed by atoms with E-state index >= 15 is 0 Å². The third-order valence-electron chi connectivity index (χ3n) is 3.97. The molecular weight excluding hydrogens is 282 g/mol. The summed E-state index contributed by atoms with van der Waals surface area (Å²) in [4.78, 5) is 12.2. The van der Waals surface area contributed by atoms with Gasteiger partial charge in [-0.15, -0.1) is 0 Å². The molecule has 1 aliphatic rings. The number of aliphatic hydroxyl groups excluding tert-OH is 1. The number of aliphatic hydroxyl groups is 1. The number of carbonyl (C=O) groups is 1. The van der Waals surface area contributed by atoms with Crippen LogP contribution in [-0.4, -0.2) is 24.9 Å². The predicted molar refractivity (Wildman–Crippen MR) is 83.7 cm³/mol. The van der Waals surface area contributed by atoms with Crippen molar-refractivity contribution in [2.24, 2.45) is 0 Å². The molecule has 0 atom stereocenters. The summed E-state index contributed by atoms with van der Waals surface area (Å²) in [6, 6.07) is 11.4. The number of methoxy groups -OCH3 is 1. The van der Waals surface area contributed by atoms with Crippen LogP contribution in [0.25, 0.3) is 21.5 Å². The van der Waals surface area contributed by atoms with Crippen LogP contribution in [0.3, 0.4) is 0 Å². The fraction of sp³-hybridized carbons (Fsp3) is 0.118. The van der Waals surface area contributed by atoms with E-state index in [1.54, 1.807) is 6.07 Å². The monoisotopic (exact) mass is 295 g/mol. The van der Waals surface area contributed by atoms with E-state index in [4.69, 9.17) is 9.47 Å². The Bertz CT molecular complexity index is 933. The van der Waals surface area contributed by atoms with Gasteiger partial charge in [0.25, 0.3) is 5.91 Å². The molecule has 1 heterocycles. The number of carbonyl (C=O) groups excluding carboxylic acids is 1. The van der Waals surface area contributed by atoms with Gasteiger partial charge in [0.2, 0.25) is 0 Å². The second-order valence-corrected chi connectivity index (χ2v) is 5.08. The molecule has 3 aromatic carbocycles. The van der Waals surface area contributed by atoms with Crippen LogP contribution >= 0.6 is 0 Å². The lowest BCUT2D eigenvalue weighted by Crippen LogP contribution is -2.05. The molecule has 0 unspecified atom stereocenters. The van der Waals surface area contributed by atoms with Crippen molar-refractivity contribution in [1.82, 2.24) is 0 Å². The van der Waals surface area contributed by atoms with Crippen LogP contribution in [0.5, 0.6) is 11.5 Å². The van der Waals surface area contributed by atoms with Crippen molar-refractivity contribution in [3.63, 3.8) is 0 Å². The summed E-state index contributed by atoms with van der Waals surface area (Å²) in [5.41, 5.74) is 1.30. The molecule has 2 N–H and O–H groups in total. The second-order valence-electron chi connectivity index (χ2n) is 5.08. The van der Waals surface area contributed by atoms with Crippen LogP contribution in [0.2, 0.25) is 0 Å². The third kappa shape index (κ3) is 1.60. The van der Waals surface area contributed by atoms with E-state index in [0.717, 1.165) is 27.2 Å². The largest absolute Gasteiger partial charge is 0.493 e. The molecule has 0 aromatic heterocycles. The molecular formula is C17H13NO4. The summed E-state index contributed by atoms with van der Waals surface area (Å²) in [7, 11) is 1.51. The van der Waals surface area contributed by atoms with E-state index in [-0.39, 0.29) is 5.91 Å². The molecule has 22 heavy (non-hydrogen) atoms. The first-order valence-corrected chi connectivity index (χ1v) is 6.86. The summed E-state index contributed by atoms with van der Waals surface area (Å²) in [5.74, 6) is 0.707. The number of hydrogen-bond acceptors (Lipinski definition) is 4. The number of fused-ring (bicyclic) bond motifs is 2. The Hall–Kier alpha value is -2.79. The van der Waals surface area contributed by atoms with E-state index in [1.807, 2.05) is 30.3 Å². The predicted octanol–water partition coefficient (Wildman–Crippen LogP) is 2.90. The van der Waals surface area contributed by atoms with Gasteiger partial charge in [-0.2, -0.15) is 0 Å². The Morgan fingerprint density at radius 3 is 2.77 bits per heavy atom. The summed E-state index contributed by atoms with van der Waals surface area (Å²) in [6.45, 7) is -0.468. The van der Waals surface area contributed by atoms with E-state index < -0.39 is 6.79 Å². The Kier molecular flexibility index (Phi) is 2.71. The van der Waals surface area contributed by atoms with Crippen molar-refractivity contribution in [2.45, 2.75) is 0 Å². The van der Waals surface area contributed by atoms with Crippen molar-refractivity contribution >= 4 is 33.1 Å². The van der Waals surface area contributed by atoms with Crippen molar-refractivity contribution in [3.8, 4) is 11.5 Å². The lowest BCUT2D eigenvalue weighted by atomic mass is 9.97. The van der Waals surface area contributed by atoms with Gasteiger partial charge in [-0.3, -0.25) is 4.79 Å². The maximum absolute atomic E-state index is 12.2. The maximum Gasteiger partial charge on any atom is 0.256 e. The number of rotatable bonds is 3. The van der Waals surface area contributed by atoms with E-state index in [1.165, 1.54) is 7.11 Å². The zero-order valence-corrected chi connectivity index (χ0v) is 11.8. The third-order valence-corrected chi connectivity index (χ3v) is 3.97. The molecule has 5 heteroatoms. The maximum atomic E-state index is 12.2. The van der Waals surface area contributed by atoms with E-state index in [9.17, 15) is 9.90 Å². The quantitative estimate of drug-likeness (QED) is 0.576. The minimum Gasteiger partial charge on any atom is -0.493 e. The Balaban J connectivity index is 2.27. The molecule has 0 saturated carbocycles. The van der Waals surface area contributed by atoms with Crippen LogP contribution in [0.4, 0.5) is 5.69 Å². The number of hydrogen-bond donors (Lipinski definition) is 2. The van der Waals surface area contributed by atoms with Crippen LogP contribution in [0, 0.1) is 0 Å². The zero-order valence-electron chi connectivity index (χ0n) is 11.8. The van der Waals surface area contributed by atoms with Crippen molar-refractivity contribution in [2.75, 3.05) is 19.2 Å². The fourth-order valence-corrected chi connectivity index (χ4v) is 3.08. The molecule has 0 spiro atoms. The van der Waals surface area contributed by atoms with Gasteiger partial charge in [0.1, 0.15) is 0 Å². The molecule has 110 valence electrons. The van der Waals surface area contributed by atoms with Gasteiger partial charge < -0.3 is 19.9 Å². The normalized spacial score (nSPS) is 12.7. The molecule has 0 aliphatic carbocycles. The average Bonchev–Trinajstić information content (AvgIpc) is 2.85. The molecule has 1 aliphatic heterocycles. The van der Waals surface area contributed by atoms with Gasteiger partial charge in [0.05, 0.1) is 18.4 Å². The average molecular weight is 295 g/mol. The lowest BCUT2D eigenvalue weighted by Gasteiger charge is -2.14. The van der Waals surface area contributed by atoms with E-state index in [2.05, 4.69) is 5.32 Å². The van der Waals surface area contributed by atoms with Crippen LogP contribution in [0.15, 0.2) is 36.4 Å². The highest BCUT2D eigenvalue weighted by atomic mass is 16.6. The van der Waals surface area contributed by atoms with Gasteiger partial charge >= 0.3 is 0 Å². The molecule has 1 amide bonds. The molecule has 3 aromatic rings. The molecule has 0 radical (unpaired) electrons. The molecule has 0 bridgehead atoms.